The summed E-state index contributed by atoms with van der Waals surface area (Å²) in [6, 6.07) is 20.0. The predicted octanol–water partition coefficient (Wildman–Crippen LogP) is 5.30. The summed E-state index contributed by atoms with van der Waals surface area (Å²) in [5.74, 6) is -0.330. The molecule has 0 heterocycles. The fourth-order valence-corrected chi connectivity index (χ4v) is 5.16. The second-order valence-electron chi connectivity index (χ2n) is 9.57. The highest BCUT2D eigenvalue weighted by Crippen LogP contribution is 2.23. The van der Waals surface area contributed by atoms with Crippen molar-refractivity contribution < 1.29 is 9.59 Å². The molecule has 4 heteroatoms. The van der Waals surface area contributed by atoms with Crippen LogP contribution < -0.4 is 10.6 Å². The number of hydrogen-bond donors (Lipinski definition) is 2. The number of aryl methyl sites for hydroxylation is 4. The molecule has 2 amide bonds. The van der Waals surface area contributed by atoms with Crippen LogP contribution in [0.15, 0.2) is 60.7 Å². The van der Waals surface area contributed by atoms with Gasteiger partial charge < -0.3 is 10.6 Å². The highest BCUT2D eigenvalue weighted by atomic mass is 16.2. The molecule has 0 spiro atoms. The molecule has 0 unspecified atom stereocenters. The zero-order chi connectivity index (χ0) is 23.3. The van der Waals surface area contributed by atoms with E-state index in [-0.39, 0.29) is 11.8 Å². The van der Waals surface area contributed by atoms with E-state index in [2.05, 4.69) is 47.0 Å². The van der Waals surface area contributed by atoms with Gasteiger partial charge in [0.2, 0.25) is 0 Å². The lowest BCUT2D eigenvalue weighted by molar-refractivity contribution is 0.0950. The van der Waals surface area contributed by atoms with Crippen molar-refractivity contribution in [1.82, 2.24) is 10.6 Å². The van der Waals surface area contributed by atoms with E-state index in [1.807, 2.05) is 0 Å². The van der Waals surface area contributed by atoms with Crippen LogP contribution in [0.3, 0.4) is 0 Å². The van der Waals surface area contributed by atoms with Crippen LogP contribution in [0.1, 0.15) is 79.8 Å². The molecule has 0 fully saturated rings. The number of benzene rings is 3. The van der Waals surface area contributed by atoms with E-state index in [0.717, 1.165) is 36.8 Å². The molecule has 0 atom stereocenters. The molecule has 3 aromatic carbocycles. The smallest absolute Gasteiger partial charge is 0.251 e. The molecule has 2 aliphatic carbocycles. The highest BCUT2D eigenvalue weighted by molar-refractivity contribution is 5.99. The molecule has 0 aliphatic heterocycles. The topological polar surface area (TPSA) is 58.2 Å². The first-order valence-corrected chi connectivity index (χ1v) is 12.5. The van der Waals surface area contributed by atoms with Crippen LogP contribution in [0, 0.1) is 0 Å². The van der Waals surface area contributed by atoms with Crippen LogP contribution in [0.2, 0.25) is 0 Å². The Morgan fingerprint density at radius 3 is 1.47 bits per heavy atom. The molecule has 174 valence electrons. The van der Waals surface area contributed by atoms with E-state index in [4.69, 9.17) is 0 Å². The van der Waals surface area contributed by atoms with E-state index in [1.165, 1.54) is 47.9 Å². The zero-order valence-corrected chi connectivity index (χ0v) is 19.7. The summed E-state index contributed by atoms with van der Waals surface area (Å²) in [4.78, 5) is 25.5. The van der Waals surface area contributed by atoms with E-state index < -0.39 is 0 Å². The summed E-state index contributed by atoms with van der Waals surface area (Å²) in [5.41, 5.74) is 8.94. The van der Waals surface area contributed by atoms with E-state index in [1.54, 1.807) is 24.3 Å². The zero-order valence-electron chi connectivity index (χ0n) is 19.7. The van der Waals surface area contributed by atoms with Crippen molar-refractivity contribution in [2.75, 3.05) is 0 Å². The SMILES string of the molecule is O=C(NCc1ccc2c(c1)CCCC2)c1cccc(C(=O)NCc2ccc3c(c2)CCCC3)c1. The molecule has 0 saturated carbocycles. The highest BCUT2D eigenvalue weighted by Gasteiger charge is 2.13. The van der Waals surface area contributed by atoms with Gasteiger partial charge in [0.05, 0.1) is 0 Å². The van der Waals surface area contributed by atoms with Gasteiger partial charge in [-0.15, -0.1) is 0 Å². The number of amides is 2. The lowest BCUT2D eigenvalue weighted by Gasteiger charge is -2.17. The van der Waals surface area contributed by atoms with Gasteiger partial charge in [-0.2, -0.15) is 0 Å². The molecule has 34 heavy (non-hydrogen) atoms. The summed E-state index contributed by atoms with van der Waals surface area (Å²) in [6.45, 7) is 0.974. The number of fused-ring (bicyclic) bond motifs is 2. The standard InChI is InChI=1S/C30H32N2O2/c33-29(31-19-21-12-14-23-6-1-3-8-25(23)16-21)27-10-5-11-28(18-27)30(34)32-20-22-13-15-24-7-2-4-9-26(24)17-22/h5,10-18H,1-4,6-9,19-20H2,(H,31,33)(H,32,34). The van der Waals surface area contributed by atoms with Gasteiger partial charge >= 0.3 is 0 Å². The van der Waals surface area contributed by atoms with Crippen LogP contribution in [-0.2, 0) is 38.8 Å². The van der Waals surface area contributed by atoms with Crippen LogP contribution in [0.25, 0.3) is 0 Å². The molecule has 5 rings (SSSR count). The second kappa shape index (κ2) is 10.3. The molecule has 2 aliphatic rings. The number of carbonyl (C=O) groups excluding carboxylic acids is 2. The molecule has 0 saturated heterocycles. The van der Waals surface area contributed by atoms with Gasteiger partial charge in [-0.1, -0.05) is 42.5 Å². The van der Waals surface area contributed by atoms with E-state index in [9.17, 15) is 9.59 Å². The first-order chi connectivity index (χ1) is 16.7. The average Bonchev–Trinajstić information content (AvgIpc) is 2.90. The van der Waals surface area contributed by atoms with Gasteiger partial charge in [0, 0.05) is 24.2 Å². The Morgan fingerprint density at radius 1 is 0.559 bits per heavy atom. The summed E-state index contributed by atoms with van der Waals surface area (Å²) in [6.07, 6.45) is 9.57. The maximum absolute atomic E-state index is 12.8. The van der Waals surface area contributed by atoms with Crippen molar-refractivity contribution in [2.45, 2.75) is 64.5 Å². The fraction of sp³-hybridized carbons (Fsp3) is 0.333. The summed E-state index contributed by atoms with van der Waals surface area (Å²) < 4.78 is 0. The van der Waals surface area contributed by atoms with E-state index >= 15 is 0 Å². The Morgan fingerprint density at radius 2 is 1.00 bits per heavy atom. The van der Waals surface area contributed by atoms with Crippen molar-refractivity contribution >= 4 is 11.8 Å². The lowest BCUT2D eigenvalue weighted by Crippen LogP contribution is -2.25. The Hall–Kier alpha value is -3.40. The summed E-state index contributed by atoms with van der Waals surface area (Å²) in [5, 5.41) is 6.01. The number of hydrogen-bond acceptors (Lipinski definition) is 2. The minimum Gasteiger partial charge on any atom is -0.348 e. The van der Waals surface area contributed by atoms with Gasteiger partial charge in [-0.25, -0.2) is 0 Å². The molecule has 0 aromatic heterocycles. The van der Waals surface area contributed by atoms with Crippen molar-refractivity contribution in [1.29, 1.82) is 0 Å². The largest absolute Gasteiger partial charge is 0.348 e. The Bertz CT molecular complexity index is 1120. The van der Waals surface area contributed by atoms with Crippen molar-refractivity contribution in [3.63, 3.8) is 0 Å². The first-order valence-electron chi connectivity index (χ1n) is 12.5. The predicted molar refractivity (Wildman–Crippen MR) is 135 cm³/mol. The minimum absolute atomic E-state index is 0.165. The summed E-state index contributed by atoms with van der Waals surface area (Å²) >= 11 is 0. The number of rotatable bonds is 6. The van der Waals surface area contributed by atoms with Crippen molar-refractivity contribution in [3.05, 3.63) is 105 Å². The second-order valence-corrected chi connectivity index (χ2v) is 9.57. The molecular formula is C30H32N2O2. The van der Waals surface area contributed by atoms with Gasteiger partial charge in [0.15, 0.2) is 0 Å². The average molecular weight is 453 g/mol. The van der Waals surface area contributed by atoms with Crippen LogP contribution in [0.4, 0.5) is 0 Å². The Balaban J connectivity index is 1.18. The number of nitrogens with one attached hydrogen (secondary N) is 2. The molecule has 0 radical (unpaired) electrons. The quantitative estimate of drug-likeness (QED) is 0.533. The Labute approximate surface area is 201 Å². The Kier molecular flexibility index (Phi) is 6.75. The van der Waals surface area contributed by atoms with Gasteiger partial charge in [-0.05, 0) is 103 Å². The third-order valence-electron chi connectivity index (χ3n) is 7.12. The van der Waals surface area contributed by atoms with Gasteiger partial charge in [0.1, 0.15) is 0 Å². The maximum Gasteiger partial charge on any atom is 0.251 e. The monoisotopic (exact) mass is 452 g/mol. The molecule has 4 nitrogen and oxygen atoms in total. The van der Waals surface area contributed by atoms with Crippen LogP contribution in [-0.4, -0.2) is 11.8 Å². The normalized spacial score (nSPS) is 14.6. The van der Waals surface area contributed by atoms with Crippen molar-refractivity contribution in [2.24, 2.45) is 0 Å². The molecule has 2 N–H and O–H groups in total. The van der Waals surface area contributed by atoms with Crippen molar-refractivity contribution in [3.8, 4) is 0 Å². The molecular weight excluding hydrogens is 420 g/mol. The fourth-order valence-electron chi connectivity index (χ4n) is 5.16. The summed E-state index contributed by atoms with van der Waals surface area (Å²) in [7, 11) is 0. The molecule has 3 aromatic rings. The number of carbonyl (C=O) groups is 2. The maximum atomic E-state index is 12.8. The third kappa shape index (κ3) is 5.22. The van der Waals surface area contributed by atoms with Gasteiger partial charge in [-0.3, -0.25) is 9.59 Å². The minimum atomic E-state index is -0.165. The first kappa shape index (κ1) is 22.4. The third-order valence-corrected chi connectivity index (χ3v) is 7.12. The molecule has 0 bridgehead atoms. The van der Waals surface area contributed by atoms with Crippen LogP contribution >= 0.6 is 0 Å². The van der Waals surface area contributed by atoms with Gasteiger partial charge in [0.25, 0.3) is 11.8 Å². The van der Waals surface area contributed by atoms with E-state index in [0.29, 0.717) is 24.2 Å². The van der Waals surface area contributed by atoms with Crippen LogP contribution in [0.5, 0.6) is 0 Å². The lowest BCUT2D eigenvalue weighted by atomic mass is 9.90.